The number of benzene rings is 2. The smallest absolute Gasteiger partial charge is 0.252 e. The first-order valence-electron chi connectivity index (χ1n) is 7.25. The summed E-state index contributed by atoms with van der Waals surface area (Å²) < 4.78 is 5.96. The van der Waals surface area contributed by atoms with Gasteiger partial charge >= 0.3 is 0 Å². The highest BCUT2D eigenvalue weighted by molar-refractivity contribution is 9.10. The Morgan fingerprint density at radius 3 is 2.71 bits per heavy atom. The molecule has 122 valence electrons. The molecule has 1 aromatic heterocycles. The fourth-order valence-electron chi connectivity index (χ4n) is 2.13. The Labute approximate surface area is 152 Å². The van der Waals surface area contributed by atoms with Crippen LogP contribution in [0.15, 0.2) is 57.5 Å². The molecular formula is C17H13BrClN3O2. The van der Waals surface area contributed by atoms with Crippen LogP contribution in [0.4, 0.5) is 0 Å². The number of nitrogens with zero attached hydrogens (tertiary/aromatic N) is 2. The molecule has 0 fully saturated rings. The van der Waals surface area contributed by atoms with Crippen LogP contribution in [0.5, 0.6) is 0 Å². The zero-order chi connectivity index (χ0) is 16.9. The fraction of sp³-hybridized carbons (Fsp3) is 0.118. The van der Waals surface area contributed by atoms with Crippen LogP contribution in [0.2, 0.25) is 5.02 Å². The number of amides is 1. The van der Waals surface area contributed by atoms with Gasteiger partial charge in [0.15, 0.2) is 0 Å². The van der Waals surface area contributed by atoms with Gasteiger partial charge in [-0.15, -0.1) is 0 Å². The van der Waals surface area contributed by atoms with Crippen molar-refractivity contribution < 1.29 is 9.32 Å². The van der Waals surface area contributed by atoms with E-state index in [4.69, 9.17) is 16.1 Å². The van der Waals surface area contributed by atoms with E-state index in [9.17, 15) is 4.79 Å². The third kappa shape index (κ3) is 3.83. The fourth-order valence-corrected chi connectivity index (χ4v) is 2.82. The van der Waals surface area contributed by atoms with Gasteiger partial charge in [-0.05, 0) is 40.2 Å². The summed E-state index contributed by atoms with van der Waals surface area (Å²) in [5.74, 6) is 0.721. The lowest BCUT2D eigenvalue weighted by atomic mass is 10.2. The molecule has 3 aromatic rings. The molecule has 1 amide bonds. The summed E-state index contributed by atoms with van der Waals surface area (Å²) in [5.41, 5.74) is 1.30. The van der Waals surface area contributed by atoms with E-state index in [1.165, 1.54) is 0 Å². The summed E-state index contributed by atoms with van der Waals surface area (Å²) in [6.45, 7) is 0.393. The summed E-state index contributed by atoms with van der Waals surface area (Å²) in [4.78, 5) is 16.4. The van der Waals surface area contributed by atoms with Crippen LogP contribution in [0, 0.1) is 0 Å². The van der Waals surface area contributed by atoms with E-state index in [1.54, 1.807) is 12.1 Å². The number of nitrogens with one attached hydrogen (secondary N) is 1. The molecule has 0 radical (unpaired) electrons. The number of aromatic nitrogens is 2. The normalized spacial score (nSPS) is 10.6. The number of hydrogen-bond donors (Lipinski definition) is 1. The Morgan fingerprint density at radius 1 is 1.17 bits per heavy atom. The molecule has 0 saturated heterocycles. The zero-order valence-corrected chi connectivity index (χ0v) is 14.8. The number of hydrogen-bond acceptors (Lipinski definition) is 4. The Kier molecular flexibility index (Phi) is 5.27. The molecular weight excluding hydrogens is 394 g/mol. The molecule has 0 aliphatic heterocycles. The van der Waals surface area contributed by atoms with Gasteiger partial charge in [-0.2, -0.15) is 4.98 Å². The standard InChI is InChI=1S/C17H13BrClN3O2/c18-13-7-3-1-5-11(13)17(23)20-10-9-15-21-16(22-24-15)12-6-2-4-8-14(12)19/h1-8H,9-10H2,(H,20,23). The molecule has 7 heteroatoms. The molecule has 0 unspecified atom stereocenters. The molecule has 2 aromatic carbocycles. The Morgan fingerprint density at radius 2 is 1.92 bits per heavy atom. The second-order valence-corrected chi connectivity index (χ2v) is 6.24. The second kappa shape index (κ2) is 7.59. The van der Waals surface area contributed by atoms with Gasteiger partial charge in [0.2, 0.25) is 11.7 Å². The molecule has 0 spiro atoms. The maximum atomic E-state index is 12.1. The quantitative estimate of drug-likeness (QED) is 0.692. The highest BCUT2D eigenvalue weighted by Crippen LogP contribution is 2.24. The summed E-state index contributed by atoms with van der Waals surface area (Å²) in [5, 5.41) is 7.31. The molecule has 1 heterocycles. The minimum absolute atomic E-state index is 0.159. The van der Waals surface area contributed by atoms with Gasteiger partial charge in [-0.25, -0.2) is 0 Å². The summed E-state index contributed by atoms with van der Waals surface area (Å²) in [6, 6.07) is 14.5. The average Bonchev–Trinajstić information content (AvgIpc) is 3.04. The largest absolute Gasteiger partial charge is 0.351 e. The maximum Gasteiger partial charge on any atom is 0.252 e. The van der Waals surface area contributed by atoms with Gasteiger partial charge < -0.3 is 9.84 Å². The lowest BCUT2D eigenvalue weighted by Crippen LogP contribution is -2.26. The molecule has 0 bridgehead atoms. The summed E-state index contributed by atoms with van der Waals surface area (Å²) >= 11 is 9.47. The molecule has 3 rings (SSSR count). The summed E-state index contributed by atoms with van der Waals surface area (Å²) in [6.07, 6.45) is 0.438. The lowest BCUT2D eigenvalue weighted by Gasteiger charge is -2.05. The van der Waals surface area contributed by atoms with Crippen molar-refractivity contribution in [2.75, 3.05) is 6.54 Å². The van der Waals surface area contributed by atoms with Gasteiger partial charge in [-0.3, -0.25) is 4.79 Å². The molecule has 5 nitrogen and oxygen atoms in total. The van der Waals surface area contributed by atoms with Crippen LogP contribution in [0.3, 0.4) is 0 Å². The van der Waals surface area contributed by atoms with Crippen molar-refractivity contribution in [3.63, 3.8) is 0 Å². The topological polar surface area (TPSA) is 68.0 Å². The first-order chi connectivity index (χ1) is 11.6. The first kappa shape index (κ1) is 16.7. The van der Waals surface area contributed by atoms with Gasteiger partial charge in [0.1, 0.15) is 0 Å². The van der Waals surface area contributed by atoms with Gasteiger partial charge in [0, 0.05) is 23.0 Å². The van der Waals surface area contributed by atoms with Crippen LogP contribution >= 0.6 is 27.5 Å². The second-order valence-electron chi connectivity index (χ2n) is 4.98. The number of halogens is 2. The van der Waals surface area contributed by atoms with E-state index < -0.39 is 0 Å². The van der Waals surface area contributed by atoms with Crippen LogP contribution in [0.1, 0.15) is 16.2 Å². The van der Waals surface area contributed by atoms with Crippen molar-refractivity contribution in [1.29, 1.82) is 0 Å². The Bertz CT molecular complexity index is 866. The van der Waals surface area contributed by atoms with E-state index in [2.05, 4.69) is 31.4 Å². The van der Waals surface area contributed by atoms with Crippen molar-refractivity contribution in [3.05, 3.63) is 69.5 Å². The van der Waals surface area contributed by atoms with Crippen LogP contribution in [-0.2, 0) is 6.42 Å². The third-order valence-electron chi connectivity index (χ3n) is 3.33. The van der Waals surface area contributed by atoms with E-state index in [-0.39, 0.29) is 5.91 Å². The molecule has 1 N–H and O–H groups in total. The Hall–Kier alpha value is -2.18. The average molecular weight is 407 g/mol. The summed E-state index contributed by atoms with van der Waals surface area (Å²) in [7, 11) is 0. The highest BCUT2D eigenvalue weighted by atomic mass is 79.9. The minimum atomic E-state index is -0.159. The predicted octanol–water partition coefficient (Wildman–Crippen LogP) is 4.13. The maximum absolute atomic E-state index is 12.1. The van der Waals surface area contributed by atoms with E-state index in [0.717, 1.165) is 4.47 Å². The molecule has 24 heavy (non-hydrogen) atoms. The molecule has 0 aliphatic carbocycles. The van der Waals surface area contributed by atoms with Crippen molar-refractivity contribution >= 4 is 33.4 Å². The van der Waals surface area contributed by atoms with E-state index in [0.29, 0.717) is 40.8 Å². The molecule has 0 atom stereocenters. The third-order valence-corrected chi connectivity index (χ3v) is 4.35. The first-order valence-corrected chi connectivity index (χ1v) is 8.42. The monoisotopic (exact) mass is 405 g/mol. The van der Waals surface area contributed by atoms with Crippen molar-refractivity contribution in [3.8, 4) is 11.4 Å². The zero-order valence-electron chi connectivity index (χ0n) is 12.5. The molecule has 0 aliphatic rings. The van der Waals surface area contributed by atoms with Crippen molar-refractivity contribution in [2.24, 2.45) is 0 Å². The number of carbonyl (C=O) groups is 1. The SMILES string of the molecule is O=C(NCCc1nc(-c2ccccc2Cl)no1)c1ccccc1Br. The van der Waals surface area contributed by atoms with Crippen molar-refractivity contribution in [2.45, 2.75) is 6.42 Å². The van der Waals surface area contributed by atoms with Crippen LogP contribution in [0.25, 0.3) is 11.4 Å². The molecule has 0 saturated carbocycles. The minimum Gasteiger partial charge on any atom is -0.351 e. The van der Waals surface area contributed by atoms with E-state index in [1.807, 2.05) is 36.4 Å². The van der Waals surface area contributed by atoms with Crippen LogP contribution in [-0.4, -0.2) is 22.6 Å². The van der Waals surface area contributed by atoms with E-state index >= 15 is 0 Å². The highest BCUT2D eigenvalue weighted by Gasteiger charge is 2.12. The van der Waals surface area contributed by atoms with Crippen molar-refractivity contribution in [1.82, 2.24) is 15.5 Å². The number of rotatable bonds is 5. The lowest BCUT2D eigenvalue weighted by molar-refractivity contribution is 0.0952. The van der Waals surface area contributed by atoms with Gasteiger partial charge in [0.05, 0.1) is 10.6 Å². The van der Waals surface area contributed by atoms with Gasteiger partial charge in [-0.1, -0.05) is 41.0 Å². The number of carbonyl (C=O) groups excluding carboxylic acids is 1. The predicted molar refractivity (Wildman–Crippen MR) is 94.9 cm³/mol. The van der Waals surface area contributed by atoms with Crippen LogP contribution < -0.4 is 5.32 Å². The van der Waals surface area contributed by atoms with Gasteiger partial charge in [0.25, 0.3) is 5.91 Å². The Balaban J connectivity index is 1.59.